The molecule has 7 heteroatoms. The second-order valence-corrected chi connectivity index (χ2v) is 9.18. The zero-order valence-corrected chi connectivity index (χ0v) is 17.5. The highest BCUT2D eigenvalue weighted by molar-refractivity contribution is 7.09. The van der Waals surface area contributed by atoms with E-state index in [0.29, 0.717) is 13.1 Å². The molecule has 1 aromatic heterocycles. The average Bonchev–Trinajstić information content (AvgIpc) is 2.94. The van der Waals surface area contributed by atoms with Crippen molar-refractivity contribution in [1.29, 1.82) is 0 Å². The van der Waals surface area contributed by atoms with E-state index in [1.165, 1.54) is 12.1 Å². The monoisotopic (exact) mass is 409 g/mol. The Morgan fingerprint density at radius 1 is 1.26 bits per heavy atom. The highest BCUT2D eigenvalue weighted by atomic mass is 35.5. The van der Waals surface area contributed by atoms with Crippen molar-refractivity contribution in [2.75, 3.05) is 26.2 Å². The smallest absolute Gasteiger partial charge is 0.258 e. The molecule has 1 fully saturated rings. The summed E-state index contributed by atoms with van der Waals surface area (Å²) < 4.78 is 14.1. The first-order valence-corrected chi connectivity index (χ1v) is 10.4. The lowest BCUT2D eigenvalue weighted by atomic mass is 9.98. The molecule has 0 spiro atoms. The van der Waals surface area contributed by atoms with E-state index in [-0.39, 0.29) is 21.9 Å². The van der Waals surface area contributed by atoms with Gasteiger partial charge in [-0.3, -0.25) is 9.69 Å². The molecule has 4 nitrogen and oxygen atoms in total. The summed E-state index contributed by atoms with van der Waals surface area (Å²) in [5.74, 6) is -0.894. The topological polar surface area (TPSA) is 36.4 Å². The number of aromatic nitrogens is 1. The van der Waals surface area contributed by atoms with E-state index in [1.807, 2.05) is 0 Å². The molecule has 1 aromatic carbocycles. The number of thiazole rings is 1. The first-order valence-electron chi connectivity index (χ1n) is 9.16. The summed E-state index contributed by atoms with van der Waals surface area (Å²) in [6.45, 7) is 10.0. The van der Waals surface area contributed by atoms with E-state index in [9.17, 15) is 9.18 Å². The standard InChI is InChI=1S/C20H25ClFN3OS/c1-20(2,3)19-23-14(13-27-19)12-24-8-5-9-25(11-10-24)18(26)17-15(21)6-4-7-16(17)22/h4,6-7,13H,5,8-12H2,1-3H3. The van der Waals surface area contributed by atoms with E-state index in [0.717, 1.165) is 36.8 Å². The van der Waals surface area contributed by atoms with Crippen LogP contribution in [-0.4, -0.2) is 46.9 Å². The third-order valence-corrected chi connectivity index (χ3v) is 6.26. The Balaban J connectivity index is 1.64. The average molecular weight is 410 g/mol. The fourth-order valence-corrected chi connectivity index (χ4v) is 4.29. The second kappa shape index (κ2) is 8.25. The summed E-state index contributed by atoms with van der Waals surface area (Å²) in [5, 5.41) is 3.42. The zero-order valence-electron chi connectivity index (χ0n) is 16.0. The molecule has 0 unspecified atom stereocenters. The Kier molecular flexibility index (Phi) is 6.18. The van der Waals surface area contributed by atoms with Gasteiger partial charge in [0.05, 0.1) is 21.3 Å². The van der Waals surface area contributed by atoms with E-state index >= 15 is 0 Å². The van der Waals surface area contributed by atoms with Crippen LogP contribution in [-0.2, 0) is 12.0 Å². The van der Waals surface area contributed by atoms with Crippen LogP contribution in [0.1, 0.15) is 48.3 Å². The maximum atomic E-state index is 14.1. The fraction of sp³-hybridized carbons (Fsp3) is 0.500. The fourth-order valence-electron chi connectivity index (χ4n) is 3.15. The Bertz CT molecular complexity index is 798. The number of hydrogen-bond acceptors (Lipinski definition) is 4. The van der Waals surface area contributed by atoms with E-state index < -0.39 is 5.82 Å². The SMILES string of the molecule is CC(C)(C)c1nc(CN2CCCN(C(=O)c3c(F)cccc3Cl)CC2)cs1. The van der Waals surface area contributed by atoms with E-state index in [2.05, 4.69) is 31.1 Å². The Hall–Kier alpha value is -1.50. The number of amides is 1. The van der Waals surface area contributed by atoms with Gasteiger partial charge in [-0.25, -0.2) is 9.37 Å². The Morgan fingerprint density at radius 2 is 2.04 bits per heavy atom. The van der Waals surface area contributed by atoms with Crippen LogP contribution in [0.4, 0.5) is 4.39 Å². The van der Waals surface area contributed by atoms with Crippen molar-refractivity contribution in [3.63, 3.8) is 0 Å². The molecule has 3 rings (SSSR count). The van der Waals surface area contributed by atoms with Crippen molar-refractivity contribution >= 4 is 28.8 Å². The van der Waals surface area contributed by atoms with Gasteiger partial charge >= 0.3 is 0 Å². The lowest BCUT2D eigenvalue weighted by Gasteiger charge is -2.22. The van der Waals surface area contributed by atoms with Gasteiger partial charge in [-0.15, -0.1) is 11.3 Å². The number of carbonyl (C=O) groups excluding carboxylic acids is 1. The van der Waals surface area contributed by atoms with Crippen LogP contribution in [0, 0.1) is 5.82 Å². The van der Waals surface area contributed by atoms with Crippen LogP contribution in [0.3, 0.4) is 0 Å². The molecule has 1 aliphatic rings. The molecule has 27 heavy (non-hydrogen) atoms. The minimum atomic E-state index is -0.564. The predicted molar refractivity (Wildman–Crippen MR) is 108 cm³/mol. The largest absolute Gasteiger partial charge is 0.337 e. The van der Waals surface area contributed by atoms with Gasteiger partial charge in [0.25, 0.3) is 5.91 Å². The van der Waals surface area contributed by atoms with Gasteiger partial charge in [0.2, 0.25) is 0 Å². The highest BCUT2D eigenvalue weighted by Gasteiger charge is 2.25. The molecule has 0 atom stereocenters. The Labute approximate surface area is 169 Å². The molecule has 2 heterocycles. The summed E-state index contributed by atoms with van der Waals surface area (Å²) in [7, 11) is 0. The van der Waals surface area contributed by atoms with Gasteiger partial charge in [-0.2, -0.15) is 0 Å². The van der Waals surface area contributed by atoms with Crippen LogP contribution in [0.5, 0.6) is 0 Å². The third-order valence-electron chi connectivity index (χ3n) is 4.63. The van der Waals surface area contributed by atoms with Crippen molar-refractivity contribution < 1.29 is 9.18 Å². The Morgan fingerprint density at radius 3 is 2.70 bits per heavy atom. The van der Waals surface area contributed by atoms with Crippen molar-refractivity contribution in [2.24, 2.45) is 0 Å². The molecule has 1 aliphatic heterocycles. The predicted octanol–water partition coefficient (Wildman–Crippen LogP) is 4.58. The summed E-state index contributed by atoms with van der Waals surface area (Å²) in [6, 6.07) is 4.34. The zero-order chi connectivity index (χ0) is 19.6. The number of halogens is 2. The lowest BCUT2D eigenvalue weighted by Crippen LogP contribution is -2.35. The van der Waals surface area contributed by atoms with Gasteiger partial charge in [-0.1, -0.05) is 38.4 Å². The van der Waals surface area contributed by atoms with Crippen LogP contribution in [0.2, 0.25) is 5.02 Å². The van der Waals surface area contributed by atoms with Gasteiger partial charge < -0.3 is 4.90 Å². The number of benzene rings is 1. The van der Waals surface area contributed by atoms with Gasteiger partial charge in [-0.05, 0) is 18.6 Å². The van der Waals surface area contributed by atoms with Gasteiger partial charge in [0.1, 0.15) is 5.82 Å². The molecule has 0 saturated carbocycles. The van der Waals surface area contributed by atoms with Crippen LogP contribution >= 0.6 is 22.9 Å². The van der Waals surface area contributed by atoms with Crippen LogP contribution < -0.4 is 0 Å². The number of nitrogens with zero attached hydrogens (tertiary/aromatic N) is 3. The molecule has 2 aromatic rings. The normalized spacial score (nSPS) is 16.4. The van der Waals surface area contributed by atoms with Crippen LogP contribution in [0.15, 0.2) is 23.6 Å². The molecule has 0 bridgehead atoms. The number of rotatable bonds is 3. The number of hydrogen-bond donors (Lipinski definition) is 0. The van der Waals surface area contributed by atoms with Gasteiger partial charge in [0.15, 0.2) is 0 Å². The van der Waals surface area contributed by atoms with Crippen molar-refractivity contribution in [3.05, 3.63) is 50.7 Å². The van der Waals surface area contributed by atoms with Crippen molar-refractivity contribution in [3.8, 4) is 0 Å². The first-order chi connectivity index (χ1) is 12.8. The molecule has 1 saturated heterocycles. The van der Waals surface area contributed by atoms with Crippen LogP contribution in [0.25, 0.3) is 0 Å². The molecular weight excluding hydrogens is 385 g/mol. The van der Waals surface area contributed by atoms with E-state index in [1.54, 1.807) is 22.3 Å². The first kappa shape index (κ1) is 20.2. The summed E-state index contributed by atoms with van der Waals surface area (Å²) in [5.41, 5.74) is 1.10. The maximum Gasteiger partial charge on any atom is 0.258 e. The molecule has 0 N–H and O–H groups in total. The summed E-state index contributed by atoms with van der Waals surface area (Å²) in [6.07, 6.45) is 0.841. The second-order valence-electron chi connectivity index (χ2n) is 7.91. The maximum absolute atomic E-state index is 14.1. The minimum Gasteiger partial charge on any atom is -0.337 e. The third kappa shape index (κ3) is 4.86. The van der Waals surface area contributed by atoms with Crippen molar-refractivity contribution in [2.45, 2.75) is 39.2 Å². The summed E-state index contributed by atoms with van der Waals surface area (Å²) in [4.78, 5) is 21.5. The lowest BCUT2D eigenvalue weighted by molar-refractivity contribution is 0.0756. The number of carbonyl (C=O) groups is 1. The van der Waals surface area contributed by atoms with E-state index in [4.69, 9.17) is 16.6 Å². The molecule has 0 aliphatic carbocycles. The quantitative estimate of drug-likeness (QED) is 0.744. The van der Waals surface area contributed by atoms with Crippen molar-refractivity contribution in [1.82, 2.24) is 14.8 Å². The molecule has 146 valence electrons. The molecule has 1 amide bonds. The minimum absolute atomic E-state index is 0.0260. The summed E-state index contributed by atoms with van der Waals surface area (Å²) >= 11 is 7.75. The highest BCUT2D eigenvalue weighted by Crippen LogP contribution is 2.26. The van der Waals surface area contributed by atoms with Gasteiger partial charge in [0, 0.05) is 43.5 Å². The molecule has 0 radical (unpaired) electrons. The molecular formula is C20H25ClFN3OS.